The number of fused-ring (bicyclic) bond motifs is 1. The predicted molar refractivity (Wildman–Crippen MR) is 69.5 cm³/mol. The number of thiophene rings is 1. The third-order valence-electron chi connectivity index (χ3n) is 2.47. The maximum absolute atomic E-state index is 11.9. The van der Waals surface area contributed by atoms with Crippen LogP contribution in [0.5, 0.6) is 0 Å². The van der Waals surface area contributed by atoms with Crippen molar-refractivity contribution in [3.8, 4) is 0 Å². The highest BCUT2D eigenvalue weighted by molar-refractivity contribution is 7.16. The van der Waals surface area contributed by atoms with Crippen LogP contribution in [0.25, 0.3) is 10.2 Å². The molecule has 0 N–H and O–H groups in total. The van der Waals surface area contributed by atoms with E-state index in [4.69, 9.17) is 0 Å². The van der Waals surface area contributed by atoms with Gasteiger partial charge in [0.05, 0.1) is 16.8 Å². The van der Waals surface area contributed by atoms with Gasteiger partial charge >= 0.3 is 4.87 Å². The first-order valence-corrected chi connectivity index (χ1v) is 6.65. The maximum atomic E-state index is 11.9. The van der Waals surface area contributed by atoms with Crippen LogP contribution in [0, 0.1) is 0 Å². The number of thiazole rings is 1. The zero-order valence-corrected chi connectivity index (χ0v) is 10.1. The first-order valence-electron chi connectivity index (χ1n) is 4.95. The van der Waals surface area contributed by atoms with Crippen molar-refractivity contribution in [1.82, 2.24) is 4.57 Å². The second kappa shape index (κ2) is 3.88. The van der Waals surface area contributed by atoms with Gasteiger partial charge in [-0.25, -0.2) is 0 Å². The van der Waals surface area contributed by atoms with Crippen LogP contribution in [0.4, 0.5) is 0 Å². The van der Waals surface area contributed by atoms with Crippen molar-refractivity contribution in [2.75, 3.05) is 0 Å². The Labute approximate surface area is 100 Å². The van der Waals surface area contributed by atoms with Gasteiger partial charge in [-0.3, -0.25) is 9.36 Å². The van der Waals surface area contributed by atoms with E-state index in [1.807, 2.05) is 40.3 Å². The summed E-state index contributed by atoms with van der Waals surface area (Å²) in [4.78, 5) is 13.2. The van der Waals surface area contributed by atoms with Crippen molar-refractivity contribution >= 4 is 32.9 Å². The van der Waals surface area contributed by atoms with E-state index in [1.165, 1.54) is 16.2 Å². The molecule has 0 aliphatic carbocycles. The van der Waals surface area contributed by atoms with Gasteiger partial charge in [0.2, 0.25) is 0 Å². The molecule has 3 rings (SSSR count). The van der Waals surface area contributed by atoms with E-state index >= 15 is 0 Å². The SMILES string of the molecule is O=c1sc2ccccc2n1Cc1cccs1. The van der Waals surface area contributed by atoms with Crippen LogP contribution in [0.15, 0.2) is 46.6 Å². The monoisotopic (exact) mass is 247 g/mol. The fourth-order valence-electron chi connectivity index (χ4n) is 1.72. The largest absolute Gasteiger partial charge is 0.308 e. The van der Waals surface area contributed by atoms with E-state index in [0.29, 0.717) is 6.54 Å². The second-order valence-corrected chi connectivity index (χ2v) is 5.53. The Morgan fingerprint density at radius 2 is 2.00 bits per heavy atom. The van der Waals surface area contributed by atoms with Gasteiger partial charge in [0.1, 0.15) is 0 Å². The predicted octanol–water partition coefficient (Wildman–Crippen LogP) is 3.17. The lowest BCUT2D eigenvalue weighted by molar-refractivity contribution is 0.829. The molecule has 16 heavy (non-hydrogen) atoms. The molecule has 2 nitrogen and oxygen atoms in total. The van der Waals surface area contributed by atoms with Crippen LogP contribution < -0.4 is 4.87 Å². The number of para-hydroxylation sites is 1. The average Bonchev–Trinajstić information content (AvgIpc) is 2.89. The molecule has 0 bridgehead atoms. The molecule has 0 saturated carbocycles. The summed E-state index contributed by atoms with van der Waals surface area (Å²) in [7, 11) is 0. The van der Waals surface area contributed by atoms with E-state index < -0.39 is 0 Å². The minimum Gasteiger partial charge on any atom is -0.293 e. The van der Waals surface area contributed by atoms with Gasteiger partial charge in [-0.2, -0.15) is 0 Å². The van der Waals surface area contributed by atoms with E-state index in [0.717, 1.165) is 10.2 Å². The molecule has 2 heterocycles. The zero-order valence-electron chi connectivity index (χ0n) is 8.42. The van der Waals surface area contributed by atoms with E-state index in [2.05, 4.69) is 6.07 Å². The van der Waals surface area contributed by atoms with Gasteiger partial charge in [0.25, 0.3) is 0 Å². The molecule has 80 valence electrons. The lowest BCUT2D eigenvalue weighted by Gasteiger charge is -2.00. The molecular formula is C12H9NOS2. The number of aromatic nitrogens is 1. The molecular weight excluding hydrogens is 238 g/mol. The van der Waals surface area contributed by atoms with E-state index in [9.17, 15) is 4.79 Å². The molecule has 0 aliphatic rings. The van der Waals surface area contributed by atoms with Crippen LogP contribution in [0.2, 0.25) is 0 Å². The van der Waals surface area contributed by atoms with Crippen molar-refractivity contribution in [2.45, 2.75) is 6.54 Å². The topological polar surface area (TPSA) is 22.0 Å². The van der Waals surface area contributed by atoms with Crippen molar-refractivity contribution < 1.29 is 0 Å². The van der Waals surface area contributed by atoms with Crippen molar-refractivity contribution in [2.24, 2.45) is 0 Å². The summed E-state index contributed by atoms with van der Waals surface area (Å²) in [6, 6.07) is 12.0. The number of rotatable bonds is 2. The van der Waals surface area contributed by atoms with Crippen LogP contribution in [-0.4, -0.2) is 4.57 Å². The molecule has 2 aromatic heterocycles. The lowest BCUT2D eigenvalue weighted by atomic mass is 10.3. The quantitative estimate of drug-likeness (QED) is 0.681. The molecule has 0 aliphatic heterocycles. The highest BCUT2D eigenvalue weighted by Gasteiger charge is 2.07. The third-order valence-corrected chi connectivity index (χ3v) is 4.29. The van der Waals surface area contributed by atoms with Crippen LogP contribution >= 0.6 is 22.7 Å². The maximum Gasteiger partial charge on any atom is 0.308 e. The molecule has 0 radical (unpaired) electrons. The fraction of sp³-hybridized carbons (Fsp3) is 0.0833. The first-order chi connectivity index (χ1) is 7.84. The number of benzene rings is 1. The molecule has 0 spiro atoms. The molecule has 0 atom stereocenters. The summed E-state index contributed by atoms with van der Waals surface area (Å²) in [6.07, 6.45) is 0. The lowest BCUT2D eigenvalue weighted by Crippen LogP contribution is -2.12. The molecule has 0 saturated heterocycles. The van der Waals surface area contributed by atoms with Crippen molar-refractivity contribution in [1.29, 1.82) is 0 Å². The van der Waals surface area contributed by atoms with Crippen molar-refractivity contribution in [3.05, 3.63) is 56.3 Å². The molecule has 0 unspecified atom stereocenters. The molecule has 1 aromatic carbocycles. The first kappa shape index (κ1) is 9.81. The summed E-state index contributed by atoms with van der Waals surface area (Å²) in [5.74, 6) is 0. The van der Waals surface area contributed by atoms with Crippen LogP contribution in [0.1, 0.15) is 4.88 Å². The summed E-state index contributed by atoms with van der Waals surface area (Å²) < 4.78 is 2.90. The molecule has 4 heteroatoms. The van der Waals surface area contributed by atoms with E-state index in [-0.39, 0.29) is 4.87 Å². The Bertz CT molecular complexity index is 664. The van der Waals surface area contributed by atoms with Crippen LogP contribution in [-0.2, 0) is 6.54 Å². The summed E-state index contributed by atoms with van der Waals surface area (Å²) in [5.41, 5.74) is 1.03. The fourth-order valence-corrected chi connectivity index (χ4v) is 3.31. The average molecular weight is 247 g/mol. The Balaban J connectivity index is 2.16. The van der Waals surface area contributed by atoms with Gasteiger partial charge in [-0.05, 0) is 23.6 Å². The van der Waals surface area contributed by atoms with Gasteiger partial charge in [-0.15, -0.1) is 11.3 Å². The Morgan fingerprint density at radius 1 is 1.12 bits per heavy atom. The highest BCUT2D eigenvalue weighted by Crippen LogP contribution is 2.18. The second-order valence-electron chi connectivity index (χ2n) is 3.50. The van der Waals surface area contributed by atoms with Gasteiger partial charge < -0.3 is 0 Å². The normalized spacial score (nSPS) is 11.0. The summed E-state index contributed by atoms with van der Waals surface area (Å²) in [5, 5.41) is 2.04. The zero-order chi connectivity index (χ0) is 11.0. The van der Waals surface area contributed by atoms with Gasteiger partial charge in [0, 0.05) is 4.88 Å². The highest BCUT2D eigenvalue weighted by atomic mass is 32.1. The Kier molecular flexibility index (Phi) is 2.38. The number of hydrogen-bond donors (Lipinski definition) is 0. The molecule has 0 fully saturated rings. The number of hydrogen-bond acceptors (Lipinski definition) is 3. The Morgan fingerprint density at radius 3 is 2.81 bits per heavy atom. The van der Waals surface area contributed by atoms with Gasteiger partial charge in [0.15, 0.2) is 0 Å². The summed E-state index contributed by atoms with van der Waals surface area (Å²) in [6.45, 7) is 0.681. The smallest absolute Gasteiger partial charge is 0.293 e. The standard InChI is InChI=1S/C12H9NOS2/c14-12-13(8-9-4-3-7-15-9)10-5-1-2-6-11(10)16-12/h1-7H,8H2. The van der Waals surface area contributed by atoms with Gasteiger partial charge in [-0.1, -0.05) is 29.5 Å². The third kappa shape index (κ3) is 1.60. The summed E-state index contributed by atoms with van der Waals surface area (Å²) >= 11 is 3.00. The van der Waals surface area contributed by atoms with Crippen LogP contribution in [0.3, 0.4) is 0 Å². The number of nitrogens with zero attached hydrogens (tertiary/aromatic N) is 1. The molecule has 0 amide bonds. The van der Waals surface area contributed by atoms with Crippen molar-refractivity contribution in [3.63, 3.8) is 0 Å². The molecule has 3 aromatic rings. The minimum absolute atomic E-state index is 0.120. The minimum atomic E-state index is 0.120. The van der Waals surface area contributed by atoms with E-state index in [1.54, 1.807) is 11.3 Å². The Hall–Kier alpha value is -1.39.